The Kier molecular flexibility index (Phi) is 6.28. The Morgan fingerprint density at radius 1 is 0.931 bits per heavy atom. The predicted molar refractivity (Wildman–Crippen MR) is 104 cm³/mol. The molecule has 29 heavy (non-hydrogen) atoms. The van der Waals surface area contributed by atoms with E-state index in [1.807, 2.05) is 0 Å². The summed E-state index contributed by atoms with van der Waals surface area (Å²) < 4.78 is 43.2. The smallest absolute Gasteiger partial charge is 0.416 e. The number of hydrogen-bond acceptors (Lipinski definition) is 4. The molecule has 0 atom stereocenters. The third kappa shape index (κ3) is 5.89. The topological polar surface area (TPSA) is 71.3 Å². The summed E-state index contributed by atoms with van der Waals surface area (Å²) in [5, 5.41) is 5.13. The summed E-state index contributed by atoms with van der Waals surface area (Å²) in [7, 11) is 0. The number of furan rings is 1. The maximum atomic E-state index is 12.7. The van der Waals surface area contributed by atoms with Crippen molar-refractivity contribution in [2.24, 2.45) is 0 Å². The van der Waals surface area contributed by atoms with Gasteiger partial charge in [-0.25, -0.2) is 0 Å². The van der Waals surface area contributed by atoms with Crippen molar-refractivity contribution in [1.29, 1.82) is 0 Å². The maximum absolute atomic E-state index is 12.7. The second-order valence-corrected chi connectivity index (χ2v) is 6.92. The molecule has 2 amide bonds. The Hall–Kier alpha value is -3.20. The summed E-state index contributed by atoms with van der Waals surface area (Å²) in [4.78, 5) is 24.8. The van der Waals surface area contributed by atoms with Crippen molar-refractivity contribution in [3.8, 4) is 0 Å². The largest absolute Gasteiger partial charge is 0.459 e. The molecule has 3 rings (SSSR count). The third-order valence-corrected chi connectivity index (χ3v) is 4.67. The Morgan fingerprint density at radius 3 is 2.34 bits per heavy atom. The molecule has 0 saturated heterocycles. The van der Waals surface area contributed by atoms with Gasteiger partial charge in [0.15, 0.2) is 5.76 Å². The van der Waals surface area contributed by atoms with Crippen LogP contribution in [-0.2, 0) is 11.0 Å². The lowest BCUT2D eigenvalue weighted by atomic mass is 10.2. The number of halogens is 3. The highest BCUT2D eigenvalue weighted by Gasteiger charge is 2.30. The highest BCUT2D eigenvalue weighted by Crippen LogP contribution is 2.30. The van der Waals surface area contributed by atoms with E-state index in [-0.39, 0.29) is 17.2 Å². The van der Waals surface area contributed by atoms with E-state index in [1.54, 1.807) is 30.3 Å². The molecule has 0 saturated carbocycles. The zero-order valence-electron chi connectivity index (χ0n) is 14.8. The standard InChI is InChI=1S/C20H15F3N2O3S/c21-20(22,23)13-4-1-5-14(10-13)24-18(26)12-29-16-7-2-6-15(11-16)25-19(27)17-8-3-9-28-17/h1-11H,12H2,(H,24,26)(H,25,27). The molecule has 2 N–H and O–H groups in total. The molecule has 0 radical (unpaired) electrons. The van der Waals surface area contributed by atoms with Gasteiger partial charge in [-0.15, -0.1) is 11.8 Å². The summed E-state index contributed by atoms with van der Waals surface area (Å²) in [6, 6.07) is 14.4. The Labute approximate surface area is 168 Å². The van der Waals surface area contributed by atoms with E-state index < -0.39 is 23.6 Å². The van der Waals surface area contributed by atoms with Gasteiger partial charge in [-0.2, -0.15) is 13.2 Å². The zero-order chi connectivity index (χ0) is 20.9. The van der Waals surface area contributed by atoms with Crippen molar-refractivity contribution < 1.29 is 27.2 Å². The fraction of sp³-hybridized carbons (Fsp3) is 0.100. The van der Waals surface area contributed by atoms with Crippen LogP contribution in [-0.4, -0.2) is 17.6 Å². The Bertz CT molecular complexity index is 1000. The van der Waals surface area contributed by atoms with Crippen molar-refractivity contribution in [2.45, 2.75) is 11.1 Å². The number of carbonyl (C=O) groups is 2. The second kappa shape index (κ2) is 8.87. The molecule has 150 valence electrons. The number of benzene rings is 2. The SMILES string of the molecule is O=C(CSc1cccc(NC(=O)c2ccco2)c1)Nc1cccc(C(F)(F)F)c1. The van der Waals surface area contributed by atoms with Crippen LogP contribution in [0, 0.1) is 0 Å². The summed E-state index contributed by atoms with van der Waals surface area (Å²) in [5.74, 6) is -0.687. The van der Waals surface area contributed by atoms with Crippen molar-refractivity contribution in [1.82, 2.24) is 0 Å². The molecule has 0 aliphatic carbocycles. The summed E-state index contributed by atoms with van der Waals surface area (Å²) in [6.07, 6.45) is -3.08. The normalized spacial score (nSPS) is 11.1. The minimum Gasteiger partial charge on any atom is -0.459 e. The highest BCUT2D eigenvalue weighted by molar-refractivity contribution is 8.00. The molecule has 0 fully saturated rings. The van der Waals surface area contributed by atoms with Crippen LogP contribution in [0.3, 0.4) is 0 Å². The molecule has 1 aromatic heterocycles. The highest BCUT2D eigenvalue weighted by atomic mass is 32.2. The van der Waals surface area contributed by atoms with Crippen LogP contribution >= 0.6 is 11.8 Å². The van der Waals surface area contributed by atoms with Gasteiger partial charge >= 0.3 is 6.18 Å². The van der Waals surface area contributed by atoms with Gasteiger partial charge in [-0.1, -0.05) is 12.1 Å². The fourth-order valence-corrected chi connectivity index (χ4v) is 3.14. The average Bonchev–Trinajstić information content (AvgIpc) is 3.21. The fourth-order valence-electron chi connectivity index (χ4n) is 2.38. The Balaban J connectivity index is 1.56. The molecule has 0 aliphatic heterocycles. The lowest BCUT2D eigenvalue weighted by Crippen LogP contribution is -2.15. The number of rotatable bonds is 6. The molecular weight excluding hydrogens is 405 g/mol. The van der Waals surface area contributed by atoms with Crippen LogP contribution in [0.4, 0.5) is 24.5 Å². The van der Waals surface area contributed by atoms with E-state index in [0.717, 1.165) is 12.1 Å². The van der Waals surface area contributed by atoms with Crippen molar-refractivity contribution in [3.63, 3.8) is 0 Å². The molecule has 5 nitrogen and oxygen atoms in total. The quantitative estimate of drug-likeness (QED) is 0.532. The van der Waals surface area contributed by atoms with Gasteiger partial charge in [-0.3, -0.25) is 9.59 Å². The summed E-state index contributed by atoms with van der Waals surface area (Å²) in [5.41, 5.74) is -0.234. The van der Waals surface area contributed by atoms with E-state index in [1.165, 1.54) is 36.2 Å². The predicted octanol–water partition coefficient (Wildman–Crippen LogP) is 5.28. The van der Waals surface area contributed by atoms with E-state index in [4.69, 9.17) is 4.42 Å². The molecular formula is C20H15F3N2O3S. The first-order valence-corrected chi connectivity index (χ1v) is 9.35. The summed E-state index contributed by atoms with van der Waals surface area (Å²) >= 11 is 1.19. The van der Waals surface area contributed by atoms with Crippen molar-refractivity contribution in [3.05, 3.63) is 78.3 Å². The first-order valence-electron chi connectivity index (χ1n) is 8.36. The average molecular weight is 420 g/mol. The lowest BCUT2D eigenvalue weighted by Gasteiger charge is -2.10. The van der Waals surface area contributed by atoms with Gasteiger partial charge in [0.05, 0.1) is 17.6 Å². The van der Waals surface area contributed by atoms with E-state index in [9.17, 15) is 22.8 Å². The van der Waals surface area contributed by atoms with E-state index in [2.05, 4.69) is 10.6 Å². The molecule has 9 heteroatoms. The molecule has 3 aromatic rings. The van der Waals surface area contributed by atoms with Gasteiger partial charge in [0.25, 0.3) is 5.91 Å². The van der Waals surface area contributed by atoms with Crippen molar-refractivity contribution >= 4 is 35.0 Å². The second-order valence-electron chi connectivity index (χ2n) is 5.87. The third-order valence-electron chi connectivity index (χ3n) is 3.68. The number of carbonyl (C=O) groups excluding carboxylic acids is 2. The number of amides is 2. The van der Waals surface area contributed by atoms with Gasteiger partial charge in [-0.05, 0) is 48.5 Å². The van der Waals surface area contributed by atoms with Gasteiger partial charge < -0.3 is 15.1 Å². The maximum Gasteiger partial charge on any atom is 0.416 e. The number of thioether (sulfide) groups is 1. The molecule has 0 aliphatic rings. The van der Waals surface area contributed by atoms with Crippen LogP contribution < -0.4 is 10.6 Å². The monoisotopic (exact) mass is 420 g/mol. The van der Waals surface area contributed by atoms with Gasteiger partial charge in [0.2, 0.25) is 5.91 Å². The van der Waals surface area contributed by atoms with Crippen LogP contribution in [0.15, 0.2) is 76.2 Å². The first kappa shape index (κ1) is 20.5. The van der Waals surface area contributed by atoms with E-state index >= 15 is 0 Å². The molecule has 2 aromatic carbocycles. The van der Waals surface area contributed by atoms with Crippen LogP contribution in [0.5, 0.6) is 0 Å². The molecule has 0 unspecified atom stereocenters. The molecule has 1 heterocycles. The van der Waals surface area contributed by atoms with Crippen LogP contribution in [0.1, 0.15) is 16.1 Å². The number of hydrogen-bond donors (Lipinski definition) is 2. The zero-order valence-corrected chi connectivity index (χ0v) is 15.6. The minimum atomic E-state index is -4.48. The van der Waals surface area contributed by atoms with Gasteiger partial charge in [0.1, 0.15) is 0 Å². The Morgan fingerprint density at radius 2 is 1.66 bits per heavy atom. The van der Waals surface area contributed by atoms with Crippen LogP contribution in [0.25, 0.3) is 0 Å². The summed E-state index contributed by atoms with van der Waals surface area (Å²) in [6.45, 7) is 0. The van der Waals surface area contributed by atoms with Crippen LogP contribution in [0.2, 0.25) is 0 Å². The number of alkyl halides is 3. The van der Waals surface area contributed by atoms with Crippen molar-refractivity contribution in [2.75, 3.05) is 16.4 Å². The van der Waals surface area contributed by atoms with Gasteiger partial charge in [0, 0.05) is 16.3 Å². The number of nitrogens with one attached hydrogen (secondary N) is 2. The lowest BCUT2D eigenvalue weighted by molar-refractivity contribution is -0.137. The van der Waals surface area contributed by atoms with E-state index in [0.29, 0.717) is 10.6 Å². The minimum absolute atomic E-state index is 0.00811. The molecule has 0 spiro atoms. The molecule has 0 bridgehead atoms. The first-order chi connectivity index (χ1) is 13.8. The number of anilines is 2.